The molecule has 1 aromatic rings. The van der Waals surface area contributed by atoms with E-state index >= 15 is 0 Å². The van der Waals surface area contributed by atoms with Crippen molar-refractivity contribution >= 4 is 11.7 Å². The van der Waals surface area contributed by atoms with E-state index in [4.69, 9.17) is 0 Å². The Kier molecular flexibility index (Phi) is 5.09. The van der Waals surface area contributed by atoms with Crippen LogP contribution in [0.4, 0.5) is 10.5 Å². The van der Waals surface area contributed by atoms with E-state index in [1.165, 1.54) is 0 Å². The van der Waals surface area contributed by atoms with Crippen molar-refractivity contribution in [2.24, 2.45) is 5.92 Å². The molecule has 100 valence electrons. The van der Waals surface area contributed by atoms with Crippen molar-refractivity contribution in [2.75, 3.05) is 11.9 Å². The molecular weight excluding hydrogens is 230 g/mol. The SMILES string of the molecule is CCC(C)C(C)(O)CNC(=O)Nc1ccncc1. The molecule has 1 rings (SSSR count). The second-order valence-corrected chi connectivity index (χ2v) is 4.71. The number of hydrogen-bond acceptors (Lipinski definition) is 3. The third-order valence-corrected chi connectivity index (χ3v) is 3.22. The van der Waals surface area contributed by atoms with Gasteiger partial charge in [-0.15, -0.1) is 0 Å². The number of nitrogens with zero attached hydrogens (tertiary/aromatic N) is 1. The third-order valence-electron chi connectivity index (χ3n) is 3.22. The first-order chi connectivity index (χ1) is 8.45. The Bertz CT molecular complexity index is 379. The van der Waals surface area contributed by atoms with Crippen molar-refractivity contribution in [1.29, 1.82) is 0 Å². The fourth-order valence-corrected chi connectivity index (χ4v) is 1.48. The number of carbonyl (C=O) groups excluding carboxylic acids is 1. The van der Waals surface area contributed by atoms with Gasteiger partial charge in [0.05, 0.1) is 5.60 Å². The number of nitrogens with one attached hydrogen (secondary N) is 2. The van der Waals surface area contributed by atoms with Gasteiger partial charge in [0.2, 0.25) is 0 Å². The molecule has 2 amide bonds. The normalized spacial score (nSPS) is 15.6. The van der Waals surface area contributed by atoms with Crippen molar-refractivity contribution in [3.8, 4) is 0 Å². The van der Waals surface area contributed by atoms with E-state index in [0.29, 0.717) is 5.69 Å². The zero-order chi connectivity index (χ0) is 13.6. The van der Waals surface area contributed by atoms with Crippen molar-refractivity contribution < 1.29 is 9.90 Å². The molecule has 0 saturated carbocycles. The Labute approximate surface area is 108 Å². The molecule has 1 heterocycles. The Morgan fingerprint density at radius 3 is 2.67 bits per heavy atom. The highest BCUT2D eigenvalue weighted by Crippen LogP contribution is 2.18. The summed E-state index contributed by atoms with van der Waals surface area (Å²) < 4.78 is 0. The van der Waals surface area contributed by atoms with Crippen LogP contribution < -0.4 is 10.6 Å². The molecule has 3 N–H and O–H groups in total. The minimum atomic E-state index is -0.898. The van der Waals surface area contributed by atoms with E-state index in [1.54, 1.807) is 31.5 Å². The first kappa shape index (κ1) is 14.4. The lowest BCUT2D eigenvalue weighted by molar-refractivity contribution is 0.00827. The molecule has 0 fully saturated rings. The second-order valence-electron chi connectivity index (χ2n) is 4.71. The quantitative estimate of drug-likeness (QED) is 0.749. The number of rotatable bonds is 5. The van der Waals surface area contributed by atoms with E-state index < -0.39 is 5.60 Å². The molecular formula is C13H21N3O2. The van der Waals surface area contributed by atoms with Gasteiger partial charge < -0.3 is 15.7 Å². The van der Waals surface area contributed by atoms with Gasteiger partial charge in [-0.1, -0.05) is 20.3 Å². The van der Waals surface area contributed by atoms with Gasteiger partial charge in [0.25, 0.3) is 0 Å². The highest BCUT2D eigenvalue weighted by molar-refractivity contribution is 5.89. The van der Waals surface area contributed by atoms with Crippen LogP contribution in [0.3, 0.4) is 0 Å². The Morgan fingerprint density at radius 2 is 2.11 bits per heavy atom. The van der Waals surface area contributed by atoms with E-state index in [2.05, 4.69) is 15.6 Å². The topological polar surface area (TPSA) is 74.2 Å². The van der Waals surface area contributed by atoms with Gasteiger partial charge in [-0.25, -0.2) is 4.79 Å². The van der Waals surface area contributed by atoms with E-state index in [-0.39, 0.29) is 18.5 Å². The molecule has 0 radical (unpaired) electrons. The molecule has 0 bridgehead atoms. The van der Waals surface area contributed by atoms with E-state index in [9.17, 15) is 9.90 Å². The largest absolute Gasteiger partial charge is 0.388 e. The van der Waals surface area contributed by atoms with Gasteiger partial charge in [-0.3, -0.25) is 4.98 Å². The molecule has 0 aliphatic heterocycles. The van der Waals surface area contributed by atoms with Crippen LogP contribution in [0.15, 0.2) is 24.5 Å². The predicted molar refractivity (Wildman–Crippen MR) is 71.3 cm³/mol. The highest BCUT2D eigenvalue weighted by atomic mass is 16.3. The fraction of sp³-hybridized carbons (Fsp3) is 0.538. The summed E-state index contributed by atoms with van der Waals surface area (Å²) in [5.41, 5.74) is -0.227. The summed E-state index contributed by atoms with van der Waals surface area (Å²) in [7, 11) is 0. The van der Waals surface area contributed by atoms with Gasteiger partial charge in [0.1, 0.15) is 0 Å². The zero-order valence-electron chi connectivity index (χ0n) is 11.1. The van der Waals surface area contributed by atoms with Crippen LogP contribution in [0, 0.1) is 5.92 Å². The minimum Gasteiger partial charge on any atom is -0.388 e. The maximum atomic E-state index is 11.6. The lowest BCUT2D eigenvalue weighted by atomic mass is 9.89. The summed E-state index contributed by atoms with van der Waals surface area (Å²) in [6.45, 7) is 5.92. The number of pyridine rings is 1. The van der Waals surface area contributed by atoms with Crippen LogP contribution in [0.1, 0.15) is 27.2 Å². The number of carbonyl (C=O) groups is 1. The molecule has 5 heteroatoms. The molecule has 0 aliphatic carbocycles. The van der Waals surface area contributed by atoms with Gasteiger partial charge in [0.15, 0.2) is 0 Å². The molecule has 0 aliphatic rings. The molecule has 18 heavy (non-hydrogen) atoms. The number of hydrogen-bond donors (Lipinski definition) is 3. The monoisotopic (exact) mass is 251 g/mol. The summed E-state index contributed by atoms with van der Waals surface area (Å²) in [5, 5.41) is 15.5. The van der Waals surface area contributed by atoms with Crippen LogP contribution in [-0.4, -0.2) is 28.3 Å². The zero-order valence-corrected chi connectivity index (χ0v) is 11.1. The lowest BCUT2D eigenvalue weighted by Gasteiger charge is -2.29. The number of amides is 2. The predicted octanol–water partition coefficient (Wildman–Crippen LogP) is 2.00. The number of urea groups is 1. The van der Waals surface area contributed by atoms with Gasteiger partial charge in [-0.2, -0.15) is 0 Å². The maximum absolute atomic E-state index is 11.6. The van der Waals surface area contributed by atoms with E-state index in [1.807, 2.05) is 13.8 Å². The Balaban J connectivity index is 2.42. The standard InChI is InChI=1S/C13H21N3O2/c1-4-10(2)13(3,18)9-15-12(17)16-11-5-7-14-8-6-11/h5-8,10,18H,4,9H2,1-3H3,(H2,14,15,16,17). The van der Waals surface area contributed by atoms with Crippen LogP contribution in [0.5, 0.6) is 0 Å². The molecule has 2 unspecified atom stereocenters. The third kappa shape index (κ3) is 4.33. The minimum absolute atomic E-state index is 0.124. The average Bonchev–Trinajstić information content (AvgIpc) is 2.36. The maximum Gasteiger partial charge on any atom is 0.319 e. The van der Waals surface area contributed by atoms with Crippen molar-refractivity contribution in [3.05, 3.63) is 24.5 Å². The van der Waals surface area contributed by atoms with Gasteiger partial charge in [-0.05, 0) is 25.0 Å². The average molecular weight is 251 g/mol. The second kappa shape index (κ2) is 6.35. The highest BCUT2D eigenvalue weighted by Gasteiger charge is 2.27. The van der Waals surface area contributed by atoms with E-state index in [0.717, 1.165) is 6.42 Å². The summed E-state index contributed by atoms with van der Waals surface area (Å²) >= 11 is 0. The molecule has 0 aromatic carbocycles. The summed E-state index contributed by atoms with van der Waals surface area (Å²) in [6.07, 6.45) is 4.07. The van der Waals surface area contributed by atoms with Gasteiger partial charge >= 0.3 is 6.03 Å². The Hall–Kier alpha value is -1.62. The fourth-order valence-electron chi connectivity index (χ4n) is 1.48. The first-order valence-corrected chi connectivity index (χ1v) is 6.13. The molecule has 2 atom stereocenters. The molecule has 1 aromatic heterocycles. The van der Waals surface area contributed by atoms with Crippen LogP contribution >= 0.6 is 0 Å². The number of aromatic nitrogens is 1. The van der Waals surface area contributed by atoms with Crippen LogP contribution in [0.2, 0.25) is 0 Å². The summed E-state index contributed by atoms with van der Waals surface area (Å²) in [6, 6.07) is 3.07. The summed E-state index contributed by atoms with van der Waals surface area (Å²) in [4.78, 5) is 15.5. The Morgan fingerprint density at radius 1 is 1.50 bits per heavy atom. The van der Waals surface area contributed by atoms with Gasteiger partial charge in [0, 0.05) is 24.6 Å². The molecule has 0 spiro atoms. The van der Waals surface area contributed by atoms with Crippen LogP contribution in [0.25, 0.3) is 0 Å². The number of aliphatic hydroxyl groups is 1. The molecule has 5 nitrogen and oxygen atoms in total. The first-order valence-electron chi connectivity index (χ1n) is 6.13. The van der Waals surface area contributed by atoms with Crippen molar-refractivity contribution in [3.63, 3.8) is 0 Å². The van der Waals surface area contributed by atoms with Crippen molar-refractivity contribution in [2.45, 2.75) is 32.8 Å². The number of anilines is 1. The summed E-state index contributed by atoms with van der Waals surface area (Å²) in [5.74, 6) is 0.124. The lowest BCUT2D eigenvalue weighted by Crippen LogP contribution is -2.46. The smallest absolute Gasteiger partial charge is 0.319 e. The molecule has 0 saturated heterocycles. The van der Waals surface area contributed by atoms with Crippen LogP contribution in [-0.2, 0) is 0 Å². The van der Waals surface area contributed by atoms with Crippen molar-refractivity contribution in [1.82, 2.24) is 10.3 Å².